The van der Waals surface area contributed by atoms with E-state index in [-0.39, 0.29) is 18.0 Å². The molecule has 2 unspecified atom stereocenters. The monoisotopic (exact) mass is 412 g/mol. The molecule has 2 aromatic heterocycles. The van der Waals surface area contributed by atoms with Crippen LogP contribution in [0, 0.1) is 0 Å². The van der Waals surface area contributed by atoms with Gasteiger partial charge in [-0.15, -0.1) is 0 Å². The molecule has 0 bridgehead atoms. The third kappa shape index (κ3) is 3.94. The fraction of sp³-hybridized carbons (Fsp3) is 0.652. The van der Waals surface area contributed by atoms with Crippen molar-refractivity contribution in [2.24, 2.45) is 0 Å². The van der Waals surface area contributed by atoms with Crippen molar-refractivity contribution < 1.29 is 14.3 Å². The van der Waals surface area contributed by atoms with Crippen LogP contribution < -0.4 is 0 Å². The van der Waals surface area contributed by atoms with E-state index >= 15 is 0 Å². The summed E-state index contributed by atoms with van der Waals surface area (Å²) in [6.45, 7) is 8.61. The van der Waals surface area contributed by atoms with Gasteiger partial charge in [0.1, 0.15) is 0 Å². The number of rotatable bonds is 6. The van der Waals surface area contributed by atoms with Crippen LogP contribution in [-0.2, 0) is 9.53 Å². The standard InChI is InChI=1S/C23H32N4O3/c1-5-17-8-6-7-11-26(17)22(28)15(4)30-23(29)18-12-20(16-9-10-16)25-21-19(18)13-24-27(21)14(2)3/h12-17H,5-11H2,1-4H3. The predicted octanol–water partition coefficient (Wildman–Crippen LogP) is 4.23. The fourth-order valence-corrected chi connectivity index (χ4v) is 4.40. The molecule has 2 fully saturated rings. The molecular weight excluding hydrogens is 380 g/mol. The topological polar surface area (TPSA) is 77.3 Å². The van der Waals surface area contributed by atoms with E-state index in [1.165, 1.54) is 0 Å². The van der Waals surface area contributed by atoms with E-state index in [1.807, 2.05) is 29.5 Å². The average Bonchev–Trinajstić information content (AvgIpc) is 3.50. The van der Waals surface area contributed by atoms with Crippen LogP contribution in [0.3, 0.4) is 0 Å². The van der Waals surface area contributed by atoms with Crippen LogP contribution in [0.25, 0.3) is 11.0 Å². The number of ether oxygens (including phenoxy) is 1. The van der Waals surface area contributed by atoms with Gasteiger partial charge in [0.25, 0.3) is 5.91 Å². The lowest BCUT2D eigenvalue weighted by molar-refractivity contribution is -0.143. The molecule has 4 rings (SSSR count). The molecular formula is C23H32N4O3. The molecule has 3 heterocycles. The molecule has 2 aromatic rings. The maximum Gasteiger partial charge on any atom is 0.339 e. The zero-order valence-corrected chi connectivity index (χ0v) is 18.4. The number of carbonyl (C=O) groups is 2. The van der Waals surface area contributed by atoms with Gasteiger partial charge in [0, 0.05) is 30.2 Å². The van der Waals surface area contributed by atoms with Crippen LogP contribution in [0.15, 0.2) is 12.3 Å². The Morgan fingerprint density at radius 2 is 1.97 bits per heavy atom. The van der Waals surface area contributed by atoms with Crippen molar-refractivity contribution in [3.63, 3.8) is 0 Å². The molecule has 30 heavy (non-hydrogen) atoms. The Morgan fingerprint density at radius 3 is 2.63 bits per heavy atom. The number of likely N-dealkylation sites (tertiary alicyclic amines) is 1. The van der Waals surface area contributed by atoms with Crippen LogP contribution in [0.1, 0.15) is 94.2 Å². The molecule has 1 saturated carbocycles. The minimum absolute atomic E-state index is 0.0968. The van der Waals surface area contributed by atoms with Gasteiger partial charge in [0.2, 0.25) is 0 Å². The van der Waals surface area contributed by atoms with E-state index in [9.17, 15) is 9.59 Å². The van der Waals surface area contributed by atoms with Gasteiger partial charge < -0.3 is 9.64 Å². The lowest BCUT2D eigenvalue weighted by atomic mass is 9.99. The fourth-order valence-electron chi connectivity index (χ4n) is 4.40. The van der Waals surface area contributed by atoms with Gasteiger partial charge >= 0.3 is 5.97 Å². The number of pyridine rings is 1. The molecule has 7 nitrogen and oxygen atoms in total. The molecule has 1 aliphatic carbocycles. The van der Waals surface area contributed by atoms with Crippen molar-refractivity contribution in [2.45, 2.75) is 90.3 Å². The first-order chi connectivity index (χ1) is 14.4. The van der Waals surface area contributed by atoms with Crippen LogP contribution >= 0.6 is 0 Å². The lowest BCUT2D eigenvalue weighted by Crippen LogP contribution is -2.48. The van der Waals surface area contributed by atoms with Crippen LogP contribution in [0.4, 0.5) is 0 Å². The summed E-state index contributed by atoms with van der Waals surface area (Å²) in [7, 11) is 0. The van der Waals surface area contributed by atoms with Crippen molar-refractivity contribution >= 4 is 22.9 Å². The molecule has 1 saturated heterocycles. The molecule has 0 N–H and O–H groups in total. The summed E-state index contributed by atoms with van der Waals surface area (Å²) < 4.78 is 7.52. The van der Waals surface area contributed by atoms with E-state index < -0.39 is 12.1 Å². The third-order valence-electron chi connectivity index (χ3n) is 6.30. The molecule has 1 amide bonds. The molecule has 1 aliphatic heterocycles. The summed E-state index contributed by atoms with van der Waals surface area (Å²) in [4.78, 5) is 32.8. The number of carbonyl (C=O) groups excluding carboxylic acids is 2. The number of hydrogen-bond acceptors (Lipinski definition) is 5. The van der Waals surface area contributed by atoms with Gasteiger partial charge in [0.05, 0.1) is 17.1 Å². The van der Waals surface area contributed by atoms with Crippen molar-refractivity contribution in [3.05, 3.63) is 23.5 Å². The zero-order valence-electron chi connectivity index (χ0n) is 18.4. The maximum absolute atomic E-state index is 13.1. The van der Waals surface area contributed by atoms with Gasteiger partial charge in [-0.2, -0.15) is 5.10 Å². The number of piperidine rings is 1. The SMILES string of the molecule is CCC1CCCCN1C(=O)C(C)OC(=O)c1cc(C2CC2)nc2c1cnn2C(C)C. The summed E-state index contributed by atoms with van der Waals surface area (Å²) in [6, 6.07) is 2.21. The first-order valence-electron chi connectivity index (χ1n) is 11.3. The van der Waals surface area contributed by atoms with Gasteiger partial charge in [-0.25, -0.2) is 14.5 Å². The zero-order chi connectivity index (χ0) is 21.4. The van der Waals surface area contributed by atoms with Gasteiger partial charge in [-0.1, -0.05) is 6.92 Å². The number of aromatic nitrogens is 3. The van der Waals surface area contributed by atoms with Crippen molar-refractivity contribution in [1.82, 2.24) is 19.7 Å². The largest absolute Gasteiger partial charge is 0.449 e. The van der Waals surface area contributed by atoms with Crippen molar-refractivity contribution in [2.75, 3.05) is 6.54 Å². The molecule has 0 aromatic carbocycles. The van der Waals surface area contributed by atoms with Crippen LogP contribution in [0.2, 0.25) is 0 Å². The van der Waals surface area contributed by atoms with E-state index in [2.05, 4.69) is 12.0 Å². The second-order valence-corrected chi connectivity index (χ2v) is 8.93. The van der Waals surface area contributed by atoms with Crippen LogP contribution in [-0.4, -0.2) is 50.2 Å². The van der Waals surface area contributed by atoms with E-state index in [0.717, 1.165) is 50.8 Å². The second-order valence-electron chi connectivity index (χ2n) is 8.93. The highest BCUT2D eigenvalue weighted by atomic mass is 16.5. The Kier molecular flexibility index (Phi) is 5.80. The Bertz CT molecular complexity index is 947. The van der Waals surface area contributed by atoms with Gasteiger partial charge in [-0.3, -0.25) is 4.79 Å². The summed E-state index contributed by atoms with van der Waals surface area (Å²) in [5, 5.41) is 5.12. The summed E-state index contributed by atoms with van der Waals surface area (Å²) in [5.74, 6) is -0.173. The number of hydrogen-bond donors (Lipinski definition) is 0. The normalized spacial score (nSPS) is 20.6. The van der Waals surface area contributed by atoms with Gasteiger partial charge in [-0.05, 0) is 65.4 Å². The molecule has 2 atom stereocenters. The number of esters is 1. The highest BCUT2D eigenvalue weighted by molar-refractivity contribution is 6.03. The molecule has 7 heteroatoms. The predicted molar refractivity (Wildman–Crippen MR) is 114 cm³/mol. The number of nitrogens with zero attached hydrogens (tertiary/aromatic N) is 4. The van der Waals surface area contributed by atoms with E-state index in [4.69, 9.17) is 9.72 Å². The second kappa shape index (κ2) is 8.36. The average molecular weight is 413 g/mol. The smallest absolute Gasteiger partial charge is 0.339 e. The minimum atomic E-state index is -0.808. The first kappa shape index (κ1) is 20.8. The van der Waals surface area contributed by atoms with Gasteiger partial charge in [0.15, 0.2) is 11.8 Å². The maximum atomic E-state index is 13.1. The quantitative estimate of drug-likeness (QED) is 0.664. The van der Waals surface area contributed by atoms with E-state index in [1.54, 1.807) is 13.1 Å². The Balaban J connectivity index is 1.59. The number of amides is 1. The summed E-state index contributed by atoms with van der Waals surface area (Å²) >= 11 is 0. The minimum Gasteiger partial charge on any atom is -0.449 e. The Hall–Kier alpha value is -2.44. The summed E-state index contributed by atoms with van der Waals surface area (Å²) in [5.41, 5.74) is 2.08. The summed E-state index contributed by atoms with van der Waals surface area (Å²) in [6.07, 6.45) is 7.15. The molecule has 0 spiro atoms. The lowest BCUT2D eigenvalue weighted by Gasteiger charge is -2.36. The highest BCUT2D eigenvalue weighted by Gasteiger charge is 2.32. The van der Waals surface area contributed by atoms with E-state index in [0.29, 0.717) is 22.5 Å². The Labute approximate surface area is 177 Å². The van der Waals surface area contributed by atoms with Crippen molar-refractivity contribution in [1.29, 1.82) is 0 Å². The Morgan fingerprint density at radius 1 is 1.20 bits per heavy atom. The molecule has 162 valence electrons. The van der Waals surface area contributed by atoms with Crippen molar-refractivity contribution in [3.8, 4) is 0 Å². The van der Waals surface area contributed by atoms with Crippen LogP contribution in [0.5, 0.6) is 0 Å². The molecule has 2 aliphatic rings. The highest BCUT2D eigenvalue weighted by Crippen LogP contribution is 2.40. The number of fused-ring (bicyclic) bond motifs is 1. The third-order valence-corrected chi connectivity index (χ3v) is 6.30. The first-order valence-corrected chi connectivity index (χ1v) is 11.3. The molecule has 0 radical (unpaired) electrons.